The van der Waals surface area contributed by atoms with E-state index in [4.69, 9.17) is 0 Å². The molecule has 2 heterocycles. The molecule has 1 unspecified atom stereocenters. The van der Waals surface area contributed by atoms with Crippen molar-refractivity contribution in [1.29, 1.82) is 0 Å². The van der Waals surface area contributed by atoms with Crippen molar-refractivity contribution in [3.8, 4) is 0 Å². The Hall–Kier alpha value is -0.660. The van der Waals surface area contributed by atoms with E-state index in [9.17, 15) is 13.2 Å². The molecule has 2 rings (SSSR count). The molecule has 2 aliphatic rings. The molecule has 2 aliphatic heterocycles. The third-order valence-corrected chi connectivity index (χ3v) is 4.31. The number of nitrogens with one attached hydrogen (secondary N) is 2. The molecule has 0 aromatic heterocycles. The van der Waals surface area contributed by atoms with Crippen molar-refractivity contribution in [1.82, 2.24) is 14.9 Å². The molecule has 0 aromatic carbocycles. The Labute approximate surface area is 108 Å². The van der Waals surface area contributed by atoms with Crippen LogP contribution < -0.4 is 10.0 Å². The van der Waals surface area contributed by atoms with Gasteiger partial charge in [0.2, 0.25) is 15.9 Å². The highest BCUT2D eigenvalue weighted by atomic mass is 32.2. The third-order valence-electron chi connectivity index (χ3n) is 3.62. The first kappa shape index (κ1) is 13.8. The van der Waals surface area contributed by atoms with Gasteiger partial charge in [-0.3, -0.25) is 4.79 Å². The van der Waals surface area contributed by atoms with E-state index in [0.717, 1.165) is 45.2 Å². The molecule has 0 spiro atoms. The summed E-state index contributed by atoms with van der Waals surface area (Å²) in [5.74, 6) is 0.262. The summed E-state index contributed by atoms with van der Waals surface area (Å²) in [7, 11) is -3.18. The van der Waals surface area contributed by atoms with Crippen LogP contribution in [0.15, 0.2) is 0 Å². The maximum atomic E-state index is 12.2. The van der Waals surface area contributed by atoms with Crippen molar-refractivity contribution in [2.75, 3.05) is 32.4 Å². The molecule has 2 fully saturated rings. The first-order valence-corrected chi connectivity index (χ1v) is 8.32. The summed E-state index contributed by atoms with van der Waals surface area (Å²) in [5, 5.41) is 3.09. The minimum absolute atomic E-state index is 0.0153. The Balaban J connectivity index is 1.94. The number of likely N-dealkylation sites (tertiary alicyclic amines) is 1. The quantitative estimate of drug-likeness (QED) is 0.699. The number of amides is 1. The summed E-state index contributed by atoms with van der Waals surface area (Å²) in [6.07, 6.45) is 4.11. The molecule has 0 aliphatic carbocycles. The number of piperidine rings is 1. The number of carbonyl (C=O) groups is 1. The lowest BCUT2D eigenvalue weighted by molar-refractivity contribution is -0.140. The summed E-state index contributed by atoms with van der Waals surface area (Å²) >= 11 is 0. The van der Waals surface area contributed by atoms with Gasteiger partial charge in [0.05, 0.1) is 12.2 Å². The second-order valence-corrected chi connectivity index (χ2v) is 6.99. The van der Waals surface area contributed by atoms with Crippen LogP contribution >= 0.6 is 0 Å². The SMILES string of the molecule is CS(=O)(=O)NCC1CCCCN1C(=O)C1CNC1. The monoisotopic (exact) mass is 275 g/mol. The van der Waals surface area contributed by atoms with Crippen LogP contribution in [0.1, 0.15) is 19.3 Å². The highest BCUT2D eigenvalue weighted by molar-refractivity contribution is 7.88. The van der Waals surface area contributed by atoms with Crippen LogP contribution in [-0.2, 0) is 14.8 Å². The van der Waals surface area contributed by atoms with Crippen molar-refractivity contribution in [2.45, 2.75) is 25.3 Å². The Morgan fingerprint density at radius 3 is 2.67 bits per heavy atom. The van der Waals surface area contributed by atoms with Gasteiger partial charge in [0.15, 0.2) is 0 Å². The van der Waals surface area contributed by atoms with Gasteiger partial charge in [0.1, 0.15) is 0 Å². The van der Waals surface area contributed by atoms with Gasteiger partial charge in [-0.25, -0.2) is 13.1 Å². The summed E-state index contributed by atoms with van der Waals surface area (Å²) in [6, 6.07) is 0.0153. The molecular formula is C11H21N3O3S. The lowest BCUT2D eigenvalue weighted by atomic mass is 9.96. The molecule has 0 bridgehead atoms. The van der Waals surface area contributed by atoms with E-state index < -0.39 is 10.0 Å². The Kier molecular flexibility index (Phi) is 4.24. The zero-order valence-electron chi connectivity index (χ0n) is 10.7. The van der Waals surface area contributed by atoms with E-state index in [1.165, 1.54) is 0 Å². The molecule has 1 amide bonds. The van der Waals surface area contributed by atoms with Crippen LogP contribution in [0.2, 0.25) is 0 Å². The number of sulfonamides is 1. The first-order valence-electron chi connectivity index (χ1n) is 6.43. The number of hydrogen-bond donors (Lipinski definition) is 2. The fraction of sp³-hybridized carbons (Fsp3) is 0.909. The minimum Gasteiger partial charge on any atom is -0.338 e. The fourth-order valence-corrected chi connectivity index (χ4v) is 2.94. The van der Waals surface area contributed by atoms with Gasteiger partial charge < -0.3 is 10.2 Å². The first-order chi connectivity index (χ1) is 8.47. The van der Waals surface area contributed by atoms with Gasteiger partial charge in [-0.15, -0.1) is 0 Å². The van der Waals surface area contributed by atoms with Crippen molar-refractivity contribution < 1.29 is 13.2 Å². The van der Waals surface area contributed by atoms with Gasteiger partial charge in [-0.2, -0.15) is 0 Å². The van der Waals surface area contributed by atoms with Crippen LogP contribution in [0.3, 0.4) is 0 Å². The molecule has 0 saturated carbocycles. The van der Waals surface area contributed by atoms with Crippen LogP contribution in [0, 0.1) is 5.92 Å². The van der Waals surface area contributed by atoms with E-state index in [-0.39, 0.29) is 17.9 Å². The van der Waals surface area contributed by atoms with Gasteiger partial charge in [-0.05, 0) is 19.3 Å². The summed E-state index contributed by atoms with van der Waals surface area (Å²) in [4.78, 5) is 14.1. The average Bonchev–Trinajstić information content (AvgIpc) is 2.23. The van der Waals surface area contributed by atoms with Gasteiger partial charge in [-0.1, -0.05) is 0 Å². The molecule has 0 aromatic rings. The normalized spacial score (nSPS) is 25.8. The number of rotatable bonds is 4. The summed E-state index contributed by atoms with van der Waals surface area (Å²) in [6.45, 7) is 2.60. The Morgan fingerprint density at radius 1 is 1.39 bits per heavy atom. The topological polar surface area (TPSA) is 78.5 Å². The summed E-state index contributed by atoms with van der Waals surface area (Å²) < 4.78 is 24.8. The maximum absolute atomic E-state index is 12.2. The predicted molar refractivity (Wildman–Crippen MR) is 68.6 cm³/mol. The van der Waals surface area contributed by atoms with E-state index in [1.807, 2.05) is 4.90 Å². The number of hydrogen-bond acceptors (Lipinski definition) is 4. The van der Waals surface area contributed by atoms with Crippen LogP contribution in [0.4, 0.5) is 0 Å². The van der Waals surface area contributed by atoms with Crippen molar-refractivity contribution in [2.24, 2.45) is 5.92 Å². The predicted octanol–water partition coefficient (Wildman–Crippen LogP) is -0.864. The molecule has 1 atom stereocenters. The zero-order chi connectivity index (χ0) is 13.2. The van der Waals surface area contributed by atoms with E-state index in [0.29, 0.717) is 6.54 Å². The standard InChI is InChI=1S/C11H21N3O3S/c1-18(16,17)13-8-10-4-2-3-5-14(10)11(15)9-6-12-7-9/h9-10,12-13H,2-8H2,1H3. The Bertz CT molecular complexity index is 406. The molecule has 18 heavy (non-hydrogen) atoms. The molecular weight excluding hydrogens is 254 g/mol. The highest BCUT2D eigenvalue weighted by Crippen LogP contribution is 2.20. The largest absolute Gasteiger partial charge is 0.338 e. The molecule has 2 N–H and O–H groups in total. The molecule has 6 nitrogen and oxygen atoms in total. The van der Waals surface area contributed by atoms with Crippen molar-refractivity contribution >= 4 is 15.9 Å². The van der Waals surface area contributed by atoms with Crippen LogP contribution in [0.5, 0.6) is 0 Å². The van der Waals surface area contributed by atoms with E-state index >= 15 is 0 Å². The fourth-order valence-electron chi connectivity index (χ4n) is 2.45. The molecule has 2 saturated heterocycles. The van der Waals surface area contributed by atoms with E-state index in [2.05, 4.69) is 10.0 Å². The minimum atomic E-state index is -3.18. The highest BCUT2D eigenvalue weighted by Gasteiger charge is 2.34. The average molecular weight is 275 g/mol. The maximum Gasteiger partial charge on any atom is 0.228 e. The van der Waals surface area contributed by atoms with Gasteiger partial charge in [0.25, 0.3) is 0 Å². The number of nitrogens with zero attached hydrogens (tertiary/aromatic N) is 1. The second-order valence-electron chi connectivity index (χ2n) is 5.16. The second kappa shape index (κ2) is 5.54. The smallest absolute Gasteiger partial charge is 0.228 e. The van der Waals surface area contributed by atoms with Gasteiger partial charge >= 0.3 is 0 Å². The molecule has 104 valence electrons. The van der Waals surface area contributed by atoms with E-state index in [1.54, 1.807) is 0 Å². The molecule has 0 radical (unpaired) electrons. The van der Waals surface area contributed by atoms with Gasteiger partial charge in [0, 0.05) is 32.2 Å². The third kappa shape index (κ3) is 3.43. The lowest BCUT2D eigenvalue weighted by Gasteiger charge is -2.40. The molecule has 7 heteroatoms. The van der Waals surface area contributed by atoms with Crippen molar-refractivity contribution in [3.05, 3.63) is 0 Å². The number of carbonyl (C=O) groups excluding carboxylic acids is 1. The van der Waals surface area contributed by atoms with Crippen LogP contribution in [-0.4, -0.2) is 57.7 Å². The Morgan fingerprint density at radius 2 is 2.11 bits per heavy atom. The summed E-state index contributed by atoms with van der Waals surface area (Å²) in [5.41, 5.74) is 0. The lowest BCUT2D eigenvalue weighted by Crippen LogP contribution is -2.57. The zero-order valence-corrected chi connectivity index (χ0v) is 11.5. The van der Waals surface area contributed by atoms with Crippen LogP contribution in [0.25, 0.3) is 0 Å². The van der Waals surface area contributed by atoms with Crippen molar-refractivity contribution in [3.63, 3.8) is 0 Å².